The molecule has 122 valence electrons. The molecule has 3 rings (SSSR count). The van der Waals surface area contributed by atoms with Gasteiger partial charge in [-0.2, -0.15) is 0 Å². The van der Waals surface area contributed by atoms with Gasteiger partial charge in [0, 0.05) is 22.0 Å². The average molecular weight is 380 g/mol. The number of carbonyl (C=O) groups is 1. The van der Waals surface area contributed by atoms with Gasteiger partial charge in [0.1, 0.15) is 16.5 Å². The van der Waals surface area contributed by atoms with Gasteiger partial charge in [0.05, 0.1) is 17.1 Å². The molecule has 0 spiro atoms. The summed E-state index contributed by atoms with van der Waals surface area (Å²) >= 11 is 13.4. The first-order chi connectivity index (χ1) is 11.5. The second-order valence-corrected chi connectivity index (χ2v) is 6.62. The van der Waals surface area contributed by atoms with Gasteiger partial charge in [-0.25, -0.2) is 4.98 Å². The van der Waals surface area contributed by atoms with Crippen molar-refractivity contribution in [2.75, 3.05) is 0 Å². The number of hydrogen-bond acceptors (Lipinski definition) is 4. The summed E-state index contributed by atoms with van der Waals surface area (Å²) in [5.74, 6) is 0.203. The maximum absolute atomic E-state index is 10.7. The van der Waals surface area contributed by atoms with Crippen LogP contribution in [0.4, 0.5) is 0 Å². The normalized spacial score (nSPS) is 10.6. The SMILES string of the molecule is O=C(O)Cc1csc(-c2ccc(Oc3cc(Cl)ccc3Cl)cc2)n1. The maximum Gasteiger partial charge on any atom is 0.309 e. The smallest absolute Gasteiger partial charge is 0.309 e. The third-order valence-electron chi connectivity index (χ3n) is 3.11. The number of carboxylic acids is 1. The van der Waals surface area contributed by atoms with Crippen LogP contribution in [0, 0.1) is 0 Å². The molecular weight excluding hydrogens is 369 g/mol. The van der Waals surface area contributed by atoms with Crippen molar-refractivity contribution in [3.63, 3.8) is 0 Å². The fourth-order valence-corrected chi connectivity index (χ4v) is 3.17. The Morgan fingerprint density at radius 2 is 1.92 bits per heavy atom. The van der Waals surface area contributed by atoms with E-state index in [0.717, 1.165) is 10.6 Å². The van der Waals surface area contributed by atoms with Crippen molar-refractivity contribution in [3.8, 4) is 22.1 Å². The predicted octanol–water partition coefficient (Wildman–Crippen LogP) is 5.54. The monoisotopic (exact) mass is 379 g/mol. The zero-order chi connectivity index (χ0) is 17.1. The minimum Gasteiger partial charge on any atom is -0.481 e. The quantitative estimate of drug-likeness (QED) is 0.632. The van der Waals surface area contributed by atoms with Crippen molar-refractivity contribution in [3.05, 3.63) is 63.6 Å². The van der Waals surface area contributed by atoms with Crippen LogP contribution in [0.1, 0.15) is 5.69 Å². The molecule has 1 aromatic heterocycles. The largest absolute Gasteiger partial charge is 0.481 e. The molecule has 0 aliphatic carbocycles. The molecule has 0 saturated carbocycles. The molecule has 0 aliphatic heterocycles. The standard InChI is InChI=1S/C17H11Cl2NO3S/c18-11-3-6-14(19)15(7-11)23-13-4-1-10(2-5-13)17-20-12(9-24-17)8-16(21)22/h1-7,9H,8H2,(H,21,22). The highest BCUT2D eigenvalue weighted by atomic mass is 35.5. The first-order valence-corrected chi connectivity index (χ1v) is 8.54. The van der Waals surface area contributed by atoms with Gasteiger partial charge in [-0.15, -0.1) is 11.3 Å². The van der Waals surface area contributed by atoms with Gasteiger partial charge in [0.25, 0.3) is 0 Å². The third kappa shape index (κ3) is 4.06. The van der Waals surface area contributed by atoms with Crippen LogP contribution >= 0.6 is 34.5 Å². The molecule has 4 nitrogen and oxygen atoms in total. The Labute approximate surface area is 152 Å². The molecule has 0 atom stereocenters. The summed E-state index contributed by atoms with van der Waals surface area (Å²) in [7, 11) is 0. The van der Waals surface area contributed by atoms with E-state index in [0.29, 0.717) is 27.2 Å². The lowest BCUT2D eigenvalue weighted by molar-refractivity contribution is -0.136. The van der Waals surface area contributed by atoms with Crippen LogP contribution in [0.25, 0.3) is 10.6 Å². The number of benzene rings is 2. The van der Waals surface area contributed by atoms with Crippen molar-refractivity contribution >= 4 is 40.5 Å². The molecule has 2 aromatic carbocycles. The molecule has 0 saturated heterocycles. The van der Waals surface area contributed by atoms with Gasteiger partial charge >= 0.3 is 5.97 Å². The van der Waals surface area contributed by atoms with Crippen LogP contribution in [0.5, 0.6) is 11.5 Å². The first-order valence-electron chi connectivity index (χ1n) is 6.91. The number of rotatable bonds is 5. The summed E-state index contributed by atoms with van der Waals surface area (Å²) < 4.78 is 5.73. The summed E-state index contributed by atoms with van der Waals surface area (Å²) in [6.07, 6.45) is -0.0784. The minimum atomic E-state index is -0.894. The number of carboxylic acid groups (broad SMARTS) is 1. The summed E-state index contributed by atoms with van der Waals surface area (Å²) in [5, 5.41) is 12.3. The van der Waals surface area contributed by atoms with E-state index in [9.17, 15) is 4.79 Å². The van der Waals surface area contributed by atoms with Gasteiger partial charge in [-0.3, -0.25) is 4.79 Å². The number of hydrogen-bond donors (Lipinski definition) is 1. The first kappa shape index (κ1) is 16.8. The molecule has 0 aliphatic rings. The van der Waals surface area contributed by atoms with E-state index >= 15 is 0 Å². The third-order valence-corrected chi connectivity index (χ3v) is 4.59. The van der Waals surface area contributed by atoms with Crippen LogP contribution < -0.4 is 4.74 Å². The Bertz CT molecular complexity index is 878. The van der Waals surface area contributed by atoms with Crippen LogP contribution in [0.2, 0.25) is 10.0 Å². The molecule has 7 heteroatoms. The highest BCUT2D eigenvalue weighted by molar-refractivity contribution is 7.13. The maximum atomic E-state index is 10.7. The van der Waals surface area contributed by atoms with Crippen molar-refractivity contribution in [1.29, 1.82) is 0 Å². The lowest BCUT2D eigenvalue weighted by atomic mass is 10.2. The van der Waals surface area contributed by atoms with Crippen molar-refractivity contribution in [2.45, 2.75) is 6.42 Å². The van der Waals surface area contributed by atoms with Gasteiger partial charge in [0.2, 0.25) is 0 Å². The molecule has 0 bridgehead atoms. The zero-order valence-corrected chi connectivity index (χ0v) is 14.5. The Morgan fingerprint density at radius 1 is 1.17 bits per heavy atom. The lowest BCUT2D eigenvalue weighted by Crippen LogP contribution is -1.99. The number of aliphatic carboxylic acids is 1. The topological polar surface area (TPSA) is 59.4 Å². The Hall–Kier alpha value is -2.08. The second-order valence-electron chi connectivity index (χ2n) is 4.92. The summed E-state index contributed by atoms with van der Waals surface area (Å²) in [6, 6.07) is 12.3. The lowest BCUT2D eigenvalue weighted by Gasteiger charge is -2.08. The molecule has 24 heavy (non-hydrogen) atoms. The number of ether oxygens (including phenoxy) is 1. The average Bonchev–Trinajstić information content (AvgIpc) is 2.99. The minimum absolute atomic E-state index is 0.0784. The van der Waals surface area contributed by atoms with E-state index in [4.69, 9.17) is 33.0 Å². The van der Waals surface area contributed by atoms with Gasteiger partial charge in [0.15, 0.2) is 0 Å². The molecule has 1 N–H and O–H groups in total. The van der Waals surface area contributed by atoms with E-state index in [1.807, 2.05) is 12.1 Å². The summed E-state index contributed by atoms with van der Waals surface area (Å²) in [6.45, 7) is 0. The zero-order valence-electron chi connectivity index (χ0n) is 12.2. The van der Waals surface area contributed by atoms with E-state index in [2.05, 4.69) is 4.98 Å². The number of thiazole rings is 1. The van der Waals surface area contributed by atoms with E-state index < -0.39 is 5.97 Å². The number of halogens is 2. The molecule has 1 heterocycles. The summed E-state index contributed by atoms with van der Waals surface area (Å²) in [5.41, 5.74) is 1.44. The Kier molecular flexibility index (Phi) is 5.04. The van der Waals surface area contributed by atoms with Crippen LogP contribution in [0.15, 0.2) is 47.8 Å². The predicted molar refractivity (Wildman–Crippen MR) is 95.4 cm³/mol. The Morgan fingerprint density at radius 3 is 2.62 bits per heavy atom. The van der Waals surface area contributed by atoms with Crippen LogP contribution in [-0.4, -0.2) is 16.1 Å². The second kappa shape index (κ2) is 7.21. The highest BCUT2D eigenvalue weighted by Crippen LogP contribution is 2.33. The van der Waals surface area contributed by atoms with Crippen molar-refractivity contribution < 1.29 is 14.6 Å². The fraction of sp³-hybridized carbons (Fsp3) is 0.0588. The number of aromatic nitrogens is 1. The van der Waals surface area contributed by atoms with Crippen molar-refractivity contribution in [2.24, 2.45) is 0 Å². The van der Waals surface area contributed by atoms with Crippen LogP contribution in [0.3, 0.4) is 0 Å². The van der Waals surface area contributed by atoms with Gasteiger partial charge in [-0.05, 0) is 36.4 Å². The highest BCUT2D eigenvalue weighted by Gasteiger charge is 2.09. The van der Waals surface area contributed by atoms with Crippen LogP contribution in [-0.2, 0) is 11.2 Å². The molecule has 0 fully saturated rings. The molecule has 0 unspecified atom stereocenters. The molecular formula is C17H11Cl2NO3S. The van der Waals surface area contributed by atoms with Gasteiger partial charge < -0.3 is 9.84 Å². The van der Waals surface area contributed by atoms with E-state index in [1.54, 1.807) is 35.7 Å². The Balaban J connectivity index is 1.77. The van der Waals surface area contributed by atoms with Crippen molar-refractivity contribution in [1.82, 2.24) is 4.98 Å². The molecule has 0 amide bonds. The molecule has 0 radical (unpaired) electrons. The van der Waals surface area contributed by atoms with E-state index in [-0.39, 0.29) is 6.42 Å². The number of nitrogens with zero attached hydrogens (tertiary/aromatic N) is 1. The summed E-state index contributed by atoms with van der Waals surface area (Å²) in [4.78, 5) is 15.0. The fourth-order valence-electron chi connectivity index (χ4n) is 2.02. The molecule has 3 aromatic rings. The van der Waals surface area contributed by atoms with Gasteiger partial charge in [-0.1, -0.05) is 23.2 Å². The van der Waals surface area contributed by atoms with E-state index in [1.165, 1.54) is 11.3 Å².